The Balaban J connectivity index is 1.94. The van der Waals surface area contributed by atoms with Gasteiger partial charge in [-0.15, -0.1) is 0 Å². The molecule has 3 aromatic rings. The van der Waals surface area contributed by atoms with Gasteiger partial charge in [0.05, 0.1) is 13.2 Å². The van der Waals surface area contributed by atoms with Crippen LogP contribution in [-0.2, 0) is 4.74 Å². The number of morpholine rings is 1. The first-order valence-electron chi connectivity index (χ1n) is 8.13. The van der Waals surface area contributed by atoms with Crippen LogP contribution in [0.5, 0.6) is 5.75 Å². The van der Waals surface area contributed by atoms with E-state index in [4.69, 9.17) is 10.5 Å². The molecular weight excluding hydrogens is 338 g/mol. The molecule has 0 atom stereocenters. The molecule has 9 nitrogen and oxygen atoms in total. The van der Waals surface area contributed by atoms with E-state index < -0.39 is 11.1 Å². The average molecular weight is 355 g/mol. The number of aromatic nitrogens is 3. The third-order valence-corrected chi connectivity index (χ3v) is 4.35. The molecule has 9 heteroatoms. The molecule has 0 aliphatic carbocycles. The molecule has 4 rings (SSSR count). The van der Waals surface area contributed by atoms with E-state index in [2.05, 4.69) is 9.97 Å². The van der Waals surface area contributed by atoms with E-state index in [1.165, 1.54) is 16.5 Å². The number of nitrogens with one attached hydrogen (secondary N) is 1. The number of nitrogens with zero attached hydrogens (tertiary/aromatic N) is 3. The predicted octanol–water partition coefficient (Wildman–Crippen LogP) is -0.945. The minimum absolute atomic E-state index is 0.0370. The normalized spacial score (nSPS) is 15.7. The molecule has 0 bridgehead atoms. The molecule has 1 aromatic carbocycles. The summed E-state index contributed by atoms with van der Waals surface area (Å²) in [6.45, 7) is 1.96. The smallest absolute Gasteiger partial charge is 0.300 e. The first kappa shape index (κ1) is 16.2. The number of rotatable bonds is 2. The molecule has 0 saturated carbocycles. The fourth-order valence-corrected chi connectivity index (χ4v) is 3.06. The van der Waals surface area contributed by atoms with Gasteiger partial charge in [-0.25, -0.2) is 4.40 Å². The largest absolute Gasteiger partial charge is 0.507 e. The number of hydrogen-bond acceptors (Lipinski definition) is 7. The minimum Gasteiger partial charge on any atom is -0.507 e. The highest BCUT2D eigenvalue weighted by Gasteiger charge is 2.21. The molecule has 3 heterocycles. The van der Waals surface area contributed by atoms with Crippen molar-refractivity contribution < 1.29 is 9.84 Å². The van der Waals surface area contributed by atoms with Gasteiger partial charge in [-0.2, -0.15) is 4.98 Å². The molecule has 4 N–H and O–H groups in total. The summed E-state index contributed by atoms with van der Waals surface area (Å²) in [5, 5.41) is 10.1. The maximum Gasteiger partial charge on any atom is 0.300 e. The molecule has 134 valence electrons. The zero-order valence-electron chi connectivity index (χ0n) is 13.8. The monoisotopic (exact) mass is 355 g/mol. The highest BCUT2D eigenvalue weighted by molar-refractivity contribution is 5.66. The molecule has 1 aliphatic heterocycles. The second-order valence-electron chi connectivity index (χ2n) is 5.96. The Hall–Kier alpha value is -3.33. The van der Waals surface area contributed by atoms with Crippen LogP contribution in [0.3, 0.4) is 0 Å². The lowest BCUT2D eigenvalue weighted by molar-refractivity contribution is 0.122. The van der Waals surface area contributed by atoms with Gasteiger partial charge >= 0.3 is 0 Å². The van der Waals surface area contributed by atoms with Crippen LogP contribution < -0.4 is 27.1 Å². The molecule has 1 saturated heterocycles. The van der Waals surface area contributed by atoms with Crippen LogP contribution in [0.25, 0.3) is 11.9 Å². The molecule has 0 radical (unpaired) electrons. The third-order valence-electron chi connectivity index (χ3n) is 4.35. The maximum absolute atomic E-state index is 12.8. The van der Waals surface area contributed by atoms with Gasteiger partial charge in [-0.3, -0.25) is 9.59 Å². The Labute approximate surface area is 147 Å². The Kier molecular flexibility index (Phi) is 3.85. The summed E-state index contributed by atoms with van der Waals surface area (Å²) >= 11 is 0. The number of imidazole rings is 1. The van der Waals surface area contributed by atoms with Gasteiger partial charge in [-0.05, 0) is 12.1 Å². The Morgan fingerprint density at radius 3 is 2.69 bits per heavy atom. The first-order valence-corrected chi connectivity index (χ1v) is 8.13. The number of ether oxygens (including phenoxy) is 1. The van der Waals surface area contributed by atoms with Crippen LogP contribution in [0.2, 0.25) is 0 Å². The molecule has 0 amide bonds. The van der Waals surface area contributed by atoms with Gasteiger partial charge in [0.15, 0.2) is 0 Å². The Morgan fingerprint density at radius 1 is 1.23 bits per heavy atom. The molecular formula is C17H17N5O4. The van der Waals surface area contributed by atoms with Gasteiger partial charge in [-0.1, -0.05) is 18.2 Å². The van der Waals surface area contributed by atoms with Crippen molar-refractivity contribution in [3.05, 3.63) is 55.9 Å². The average Bonchev–Trinajstić information content (AvgIpc) is 2.93. The molecule has 1 fully saturated rings. The van der Waals surface area contributed by atoms with Crippen LogP contribution in [-0.4, -0.2) is 45.8 Å². The van der Waals surface area contributed by atoms with Crippen molar-refractivity contribution in [2.24, 2.45) is 0 Å². The summed E-state index contributed by atoms with van der Waals surface area (Å²) in [6, 6.07) is 6.61. The summed E-state index contributed by atoms with van der Waals surface area (Å²) in [4.78, 5) is 33.7. The van der Waals surface area contributed by atoms with Crippen molar-refractivity contribution >= 4 is 23.4 Å². The highest BCUT2D eigenvalue weighted by atomic mass is 16.5. The SMILES string of the molecule is Nc1c(N2CCOCC2)c(=O)nc2[nH]c(=Cc3ccccc3O)c(=O)n12. The molecule has 0 spiro atoms. The van der Waals surface area contributed by atoms with E-state index >= 15 is 0 Å². The highest BCUT2D eigenvalue weighted by Crippen LogP contribution is 2.18. The number of hydrogen-bond donors (Lipinski definition) is 3. The molecule has 1 aliphatic rings. The van der Waals surface area contributed by atoms with Crippen LogP contribution in [0.4, 0.5) is 11.5 Å². The number of anilines is 2. The molecule has 26 heavy (non-hydrogen) atoms. The third kappa shape index (κ3) is 2.58. The van der Waals surface area contributed by atoms with Crippen LogP contribution in [0.1, 0.15) is 5.56 Å². The zero-order chi connectivity index (χ0) is 18.3. The van der Waals surface area contributed by atoms with E-state index in [0.29, 0.717) is 31.9 Å². The maximum atomic E-state index is 12.8. The van der Waals surface area contributed by atoms with E-state index in [9.17, 15) is 14.7 Å². The number of aromatic amines is 1. The molecule has 0 unspecified atom stereocenters. The zero-order valence-corrected chi connectivity index (χ0v) is 13.8. The predicted molar refractivity (Wildman–Crippen MR) is 96.4 cm³/mol. The van der Waals surface area contributed by atoms with Crippen molar-refractivity contribution in [3.63, 3.8) is 0 Å². The van der Waals surface area contributed by atoms with Gasteiger partial charge < -0.3 is 25.5 Å². The standard InChI is InChI=1S/C17H17N5O4/c18-14-13(21-5-7-26-8-6-21)15(24)20-17-19-11(16(25)22(14)17)9-10-3-1-2-4-12(10)23/h1-4,9,23H,5-8,18H2,(H,19,20,24). The van der Waals surface area contributed by atoms with Gasteiger partial charge in [0.1, 0.15) is 22.6 Å². The first-order chi connectivity index (χ1) is 12.6. The summed E-state index contributed by atoms with van der Waals surface area (Å²) in [5.74, 6) is 0.145. The van der Waals surface area contributed by atoms with E-state index in [1.807, 2.05) is 0 Å². The number of para-hydroxylation sites is 1. The van der Waals surface area contributed by atoms with Crippen LogP contribution in [0.15, 0.2) is 33.9 Å². The topological polar surface area (TPSA) is 126 Å². The van der Waals surface area contributed by atoms with Crippen molar-refractivity contribution in [1.82, 2.24) is 14.4 Å². The van der Waals surface area contributed by atoms with Crippen molar-refractivity contribution in [2.45, 2.75) is 0 Å². The van der Waals surface area contributed by atoms with E-state index in [-0.39, 0.29) is 28.4 Å². The fraction of sp³-hybridized carbons (Fsp3) is 0.235. The van der Waals surface area contributed by atoms with Gasteiger partial charge in [0.25, 0.3) is 11.1 Å². The van der Waals surface area contributed by atoms with Gasteiger partial charge in [0, 0.05) is 18.7 Å². The number of phenols is 1. The number of phenolic OH excluding ortho intramolecular Hbond substituents is 1. The lowest BCUT2D eigenvalue weighted by atomic mass is 10.2. The van der Waals surface area contributed by atoms with Gasteiger partial charge in [0.2, 0.25) is 5.78 Å². The Bertz CT molecular complexity index is 1140. The lowest BCUT2D eigenvalue weighted by Crippen LogP contribution is -2.40. The quantitative estimate of drug-likeness (QED) is 0.541. The summed E-state index contributed by atoms with van der Waals surface area (Å²) < 4.78 is 6.46. The summed E-state index contributed by atoms with van der Waals surface area (Å²) in [6.07, 6.45) is 1.49. The lowest BCUT2D eigenvalue weighted by Gasteiger charge is -2.28. The van der Waals surface area contributed by atoms with Crippen molar-refractivity contribution in [2.75, 3.05) is 36.9 Å². The Morgan fingerprint density at radius 2 is 1.96 bits per heavy atom. The fourth-order valence-electron chi connectivity index (χ4n) is 3.06. The summed E-state index contributed by atoms with van der Waals surface area (Å²) in [7, 11) is 0. The summed E-state index contributed by atoms with van der Waals surface area (Å²) in [5.41, 5.74) is 5.87. The number of nitrogen functional groups attached to an aromatic ring is 1. The number of aromatic hydroxyl groups is 1. The minimum atomic E-state index is -0.500. The number of benzene rings is 1. The number of fused-ring (bicyclic) bond motifs is 1. The number of nitrogens with two attached hydrogens (primary N) is 1. The van der Waals surface area contributed by atoms with Crippen molar-refractivity contribution in [3.8, 4) is 5.75 Å². The van der Waals surface area contributed by atoms with Crippen LogP contribution >= 0.6 is 0 Å². The van der Waals surface area contributed by atoms with Crippen LogP contribution in [0, 0.1) is 0 Å². The second-order valence-corrected chi connectivity index (χ2v) is 5.96. The molecule has 2 aromatic heterocycles. The number of H-pyrrole nitrogens is 1. The van der Waals surface area contributed by atoms with E-state index in [0.717, 1.165) is 0 Å². The second kappa shape index (κ2) is 6.19. The van der Waals surface area contributed by atoms with E-state index in [1.54, 1.807) is 23.1 Å². The van der Waals surface area contributed by atoms with Crippen molar-refractivity contribution in [1.29, 1.82) is 0 Å².